The molecule has 6 rings (SSSR count). The summed E-state index contributed by atoms with van der Waals surface area (Å²) in [6.45, 7) is 0.353. The third-order valence-corrected chi connectivity index (χ3v) is 6.31. The lowest BCUT2D eigenvalue weighted by molar-refractivity contribution is 0.0599. The molecule has 2 aliphatic heterocycles. The summed E-state index contributed by atoms with van der Waals surface area (Å²) in [6, 6.07) is 18.3. The van der Waals surface area contributed by atoms with Crippen molar-refractivity contribution in [3.8, 4) is 11.5 Å². The quantitative estimate of drug-likeness (QED) is 0.416. The predicted molar refractivity (Wildman–Crippen MR) is 125 cm³/mol. The van der Waals surface area contributed by atoms with Crippen LogP contribution in [0.1, 0.15) is 43.6 Å². The minimum atomic E-state index is -0.699. The molecule has 4 aromatic rings. The standard InChI is InChI=1S/C27H19NO7/c1-32-27(31)17-9-7-16(8-10-17)23-22-24(29)18-4-2-3-5-19(18)35-25(22)26(30)28(23)13-15-6-11-20-21(12-15)34-14-33-20/h2-12,23H,13-14H2,1H3/t23-/m1/s1. The number of nitrogens with zero attached hydrogens (tertiary/aromatic N) is 1. The highest BCUT2D eigenvalue weighted by Gasteiger charge is 2.42. The first-order chi connectivity index (χ1) is 17.0. The summed E-state index contributed by atoms with van der Waals surface area (Å²) < 4.78 is 21.6. The third-order valence-electron chi connectivity index (χ3n) is 6.31. The normalized spacial score (nSPS) is 16.0. The van der Waals surface area contributed by atoms with Gasteiger partial charge in [0.15, 0.2) is 16.9 Å². The zero-order valence-corrected chi connectivity index (χ0v) is 18.6. The van der Waals surface area contributed by atoms with Gasteiger partial charge >= 0.3 is 5.97 Å². The SMILES string of the molecule is COC(=O)c1ccc([C@@H]2c3c(oc4ccccc4c3=O)C(=O)N2Cc2ccc3c(c2)OCO3)cc1. The maximum Gasteiger partial charge on any atom is 0.337 e. The number of fused-ring (bicyclic) bond motifs is 3. The highest BCUT2D eigenvalue weighted by molar-refractivity contribution is 5.99. The van der Waals surface area contributed by atoms with Crippen LogP contribution in [0, 0.1) is 0 Å². The number of methoxy groups -OCH3 is 1. The van der Waals surface area contributed by atoms with Crippen LogP contribution in [-0.4, -0.2) is 30.7 Å². The topological polar surface area (TPSA) is 95.3 Å². The Kier molecular flexibility index (Phi) is 4.81. The van der Waals surface area contributed by atoms with Crippen LogP contribution in [0.15, 0.2) is 75.9 Å². The van der Waals surface area contributed by atoms with Crippen LogP contribution in [0.25, 0.3) is 11.0 Å². The van der Waals surface area contributed by atoms with Crippen LogP contribution in [0.2, 0.25) is 0 Å². The Morgan fingerprint density at radius 2 is 1.77 bits per heavy atom. The van der Waals surface area contributed by atoms with Gasteiger partial charge in [0.2, 0.25) is 12.6 Å². The molecule has 0 unspecified atom stereocenters. The summed E-state index contributed by atoms with van der Waals surface area (Å²) in [4.78, 5) is 40.7. The number of para-hydroxylation sites is 1. The number of ether oxygens (including phenoxy) is 3. The van der Waals surface area contributed by atoms with Crippen LogP contribution in [-0.2, 0) is 11.3 Å². The molecule has 0 saturated heterocycles. The molecule has 0 N–H and O–H groups in total. The second-order valence-corrected chi connectivity index (χ2v) is 8.31. The van der Waals surface area contributed by atoms with Gasteiger partial charge in [-0.25, -0.2) is 4.79 Å². The summed E-state index contributed by atoms with van der Waals surface area (Å²) in [5, 5.41) is 0.403. The average Bonchev–Trinajstić information content (AvgIpc) is 3.46. The van der Waals surface area contributed by atoms with Crippen LogP contribution < -0.4 is 14.9 Å². The van der Waals surface area contributed by atoms with Crippen LogP contribution in [0.5, 0.6) is 11.5 Å². The molecular formula is C27H19NO7. The van der Waals surface area contributed by atoms with E-state index in [4.69, 9.17) is 18.6 Å². The molecule has 35 heavy (non-hydrogen) atoms. The fourth-order valence-corrected chi connectivity index (χ4v) is 4.63. The number of amides is 1. The monoisotopic (exact) mass is 469 g/mol. The van der Waals surface area contributed by atoms with E-state index in [-0.39, 0.29) is 36.0 Å². The van der Waals surface area contributed by atoms with Gasteiger partial charge in [0.25, 0.3) is 5.91 Å². The van der Waals surface area contributed by atoms with E-state index in [1.807, 2.05) is 12.1 Å². The predicted octanol–water partition coefficient (Wildman–Crippen LogP) is 4.05. The summed E-state index contributed by atoms with van der Waals surface area (Å²) in [7, 11) is 1.31. The number of carbonyl (C=O) groups is 2. The maximum atomic E-state index is 13.6. The number of esters is 1. The maximum absolute atomic E-state index is 13.6. The number of rotatable bonds is 4. The molecule has 2 aliphatic rings. The molecule has 1 atom stereocenters. The summed E-state index contributed by atoms with van der Waals surface area (Å²) in [5.41, 5.74) is 2.23. The first-order valence-electron chi connectivity index (χ1n) is 11.0. The van der Waals surface area contributed by atoms with Crippen molar-refractivity contribution in [2.75, 3.05) is 13.9 Å². The van der Waals surface area contributed by atoms with Gasteiger partial charge < -0.3 is 23.5 Å². The third kappa shape index (κ3) is 3.33. The van der Waals surface area contributed by atoms with E-state index in [1.165, 1.54) is 7.11 Å². The first kappa shape index (κ1) is 21.0. The van der Waals surface area contributed by atoms with Crippen molar-refractivity contribution in [3.05, 3.63) is 105 Å². The van der Waals surface area contributed by atoms with Crippen molar-refractivity contribution in [2.45, 2.75) is 12.6 Å². The molecular weight excluding hydrogens is 450 g/mol. The van der Waals surface area contributed by atoms with E-state index >= 15 is 0 Å². The second kappa shape index (κ2) is 8.02. The van der Waals surface area contributed by atoms with Crippen molar-refractivity contribution < 1.29 is 28.2 Å². The highest BCUT2D eigenvalue weighted by atomic mass is 16.7. The lowest BCUT2D eigenvalue weighted by atomic mass is 9.97. The van der Waals surface area contributed by atoms with Gasteiger partial charge in [-0.1, -0.05) is 30.3 Å². The lowest BCUT2D eigenvalue weighted by Gasteiger charge is -2.25. The second-order valence-electron chi connectivity index (χ2n) is 8.31. The Bertz CT molecular complexity index is 1550. The minimum absolute atomic E-state index is 0.0245. The smallest absolute Gasteiger partial charge is 0.337 e. The van der Waals surface area contributed by atoms with Gasteiger partial charge in [0.05, 0.1) is 29.7 Å². The molecule has 0 aliphatic carbocycles. The van der Waals surface area contributed by atoms with Crippen LogP contribution in [0.3, 0.4) is 0 Å². The molecule has 8 heteroatoms. The van der Waals surface area contributed by atoms with Crippen molar-refractivity contribution in [3.63, 3.8) is 0 Å². The van der Waals surface area contributed by atoms with Gasteiger partial charge in [0.1, 0.15) is 5.58 Å². The van der Waals surface area contributed by atoms with Crippen molar-refractivity contribution in [1.82, 2.24) is 4.90 Å². The summed E-state index contributed by atoms with van der Waals surface area (Å²) in [6.07, 6.45) is 0. The molecule has 174 valence electrons. The molecule has 8 nitrogen and oxygen atoms in total. The Morgan fingerprint density at radius 1 is 1.00 bits per heavy atom. The molecule has 0 saturated carbocycles. The van der Waals surface area contributed by atoms with Crippen molar-refractivity contribution >= 4 is 22.8 Å². The van der Waals surface area contributed by atoms with E-state index in [1.54, 1.807) is 59.5 Å². The fourth-order valence-electron chi connectivity index (χ4n) is 4.63. The molecule has 3 aromatic carbocycles. The molecule has 0 radical (unpaired) electrons. The number of benzene rings is 3. The van der Waals surface area contributed by atoms with E-state index in [2.05, 4.69) is 0 Å². The number of carbonyl (C=O) groups excluding carboxylic acids is 2. The van der Waals surface area contributed by atoms with E-state index in [0.717, 1.165) is 5.56 Å². The van der Waals surface area contributed by atoms with Crippen LogP contribution >= 0.6 is 0 Å². The van der Waals surface area contributed by atoms with Gasteiger partial charge in [0, 0.05) is 6.54 Å². The number of hydrogen-bond acceptors (Lipinski definition) is 7. The van der Waals surface area contributed by atoms with Gasteiger partial charge in [-0.2, -0.15) is 0 Å². The molecule has 3 heterocycles. The largest absolute Gasteiger partial charge is 0.465 e. The lowest BCUT2D eigenvalue weighted by Crippen LogP contribution is -2.29. The van der Waals surface area contributed by atoms with Gasteiger partial charge in [-0.15, -0.1) is 0 Å². The fraction of sp³-hybridized carbons (Fsp3) is 0.148. The Morgan fingerprint density at radius 3 is 2.57 bits per heavy atom. The van der Waals surface area contributed by atoms with E-state index in [9.17, 15) is 14.4 Å². The molecule has 0 fully saturated rings. The molecule has 0 bridgehead atoms. The average molecular weight is 469 g/mol. The summed E-state index contributed by atoms with van der Waals surface area (Å²) >= 11 is 0. The van der Waals surface area contributed by atoms with E-state index in [0.29, 0.717) is 33.6 Å². The van der Waals surface area contributed by atoms with Crippen molar-refractivity contribution in [2.24, 2.45) is 0 Å². The molecule has 1 aromatic heterocycles. The zero-order valence-electron chi connectivity index (χ0n) is 18.6. The zero-order chi connectivity index (χ0) is 24.1. The number of hydrogen-bond donors (Lipinski definition) is 0. The van der Waals surface area contributed by atoms with Gasteiger partial charge in [-0.3, -0.25) is 9.59 Å². The van der Waals surface area contributed by atoms with Crippen molar-refractivity contribution in [1.29, 1.82) is 0 Å². The first-order valence-corrected chi connectivity index (χ1v) is 11.0. The Hall–Kier alpha value is -4.59. The van der Waals surface area contributed by atoms with E-state index < -0.39 is 12.0 Å². The highest BCUT2D eigenvalue weighted by Crippen LogP contribution is 2.40. The Balaban J connectivity index is 1.49. The molecule has 0 spiro atoms. The summed E-state index contributed by atoms with van der Waals surface area (Å²) in [5.74, 6) is 0.412. The minimum Gasteiger partial charge on any atom is -0.465 e. The van der Waals surface area contributed by atoms with Gasteiger partial charge in [-0.05, 0) is 47.5 Å². The Labute approximate surface area is 199 Å². The van der Waals surface area contributed by atoms with Crippen LogP contribution in [0.4, 0.5) is 0 Å². The molecule has 1 amide bonds.